The molecule has 0 spiro atoms. The van der Waals surface area contributed by atoms with E-state index in [1.807, 2.05) is 12.1 Å². The highest BCUT2D eigenvalue weighted by atomic mass is 35.5. The maximum absolute atomic E-state index is 11.9. The molecule has 0 radical (unpaired) electrons. The van der Waals surface area contributed by atoms with Crippen molar-refractivity contribution in [1.82, 2.24) is 10.6 Å². The van der Waals surface area contributed by atoms with Gasteiger partial charge in [0, 0.05) is 18.0 Å². The smallest absolute Gasteiger partial charge is 0.226 e. The number of nitrogens with one attached hydrogen (secondary N) is 2. The lowest BCUT2D eigenvalue weighted by Crippen LogP contribution is -2.41. The van der Waals surface area contributed by atoms with Crippen LogP contribution in [0.15, 0.2) is 24.3 Å². The molecule has 0 fully saturated rings. The van der Waals surface area contributed by atoms with Gasteiger partial charge >= 0.3 is 0 Å². The van der Waals surface area contributed by atoms with Crippen molar-refractivity contribution >= 4 is 34.8 Å². The van der Waals surface area contributed by atoms with E-state index >= 15 is 0 Å². The first-order valence-corrected chi connectivity index (χ1v) is 9.79. The minimum absolute atomic E-state index is 0.0844. The molecule has 0 saturated heterocycles. The highest BCUT2D eigenvalue weighted by molar-refractivity contribution is 7.80. The highest BCUT2D eigenvalue weighted by Crippen LogP contribution is 2.15. The SMILES string of the molecule is CCCCC(CC)CNC(=S)NC(=O)CCCOc1ccc(Cl)cc1. The van der Waals surface area contributed by atoms with Crippen LogP contribution in [0.4, 0.5) is 0 Å². The molecule has 6 heteroatoms. The van der Waals surface area contributed by atoms with Crippen molar-refractivity contribution in [2.45, 2.75) is 52.4 Å². The van der Waals surface area contributed by atoms with E-state index in [1.54, 1.807) is 12.1 Å². The topological polar surface area (TPSA) is 50.4 Å². The molecular formula is C19H29ClN2O2S. The van der Waals surface area contributed by atoms with Gasteiger partial charge in [-0.1, -0.05) is 44.7 Å². The summed E-state index contributed by atoms with van der Waals surface area (Å²) in [5, 5.41) is 6.97. The number of hydrogen-bond acceptors (Lipinski definition) is 3. The summed E-state index contributed by atoms with van der Waals surface area (Å²) < 4.78 is 5.56. The number of carbonyl (C=O) groups excluding carboxylic acids is 1. The van der Waals surface area contributed by atoms with Crippen molar-refractivity contribution in [3.63, 3.8) is 0 Å². The minimum atomic E-state index is -0.0844. The number of unbranched alkanes of at least 4 members (excludes halogenated alkanes) is 1. The van der Waals surface area contributed by atoms with Gasteiger partial charge < -0.3 is 15.4 Å². The Hall–Kier alpha value is -1.33. The van der Waals surface area contributed by atoms with Gasteiger partial charge in [0.25, 0.3) is 0 Å². The standard InChI is InChI=1S/C19H29ClN2O2S/c1-3-5-7-15(4-2)14-21-19(25)22-18(23)8-6-13-24-17-11-9-16(20)10-12-17/h9-12,15H,3-8,13-14H2,1-2H3,(H2,21,22,23,25). The van der Waals surface area contributed by atoms with Gasteiger partial charge in [-0.15, -0.1) is 0 Å². The highest BCUT2D eigenvalue weighted by Gasteiger charge is 2.08. The summed E-state index contributed by atoms with van der Waals surface area (Å²) in [5.41, 5.74) is 0. The Morgan fingerprint density at radius 3 is 2.60 bits per heavy atom. The Balaban J connectivity index is 2.14. The number of amides is 1. The Morgan fingerprint density at radius 2 is 1.96 bits per heavy atom. The Kier molecular flexibility index (Phi) is 11.2. The van der Waals surface area contributed by atoms with Gasteiger partial charge in [-0.2, -0.15) is 0 Å². The molecule has 2 N–H and O–H groups in total. The van der Waals surface area contributed by atoms with Crippen LogP contribution in [0.5, 0.6) is 5.75 Å². The van der Waals surface area contributed by atoms with Gasteiger partial charge in [0.1, 0.15) is 5.75 Å². The molecular weight excluding hydrogens is 356 g/mol. The molecule has 0 aliphatic carbocycles. The molecule has 140 valence electrons. The van der Waals surface area contributed by atoms with Gasteiger partial charge in [0.15, 0.2) is 5.11 Å². The van der Waals surface area contributed by atoms with Crippen LogP contribution >= 0.6 is 23.8 Å². The van der Waals surface area contributed by atoms with Crippen LogP contribution in [0.3, 0.4) is 0 Å². The van der Waals surface area contributed by atoms with Crippen LogP contribution in [0.25, 0.3) is 0 Å². The summed E-state index contributed by atoms with van der Waals surface area (Å²) in [6.45, 7) is 5.67. The lowest BCUT2D eigenvalue weighted by atomic mass is 9.99. The Labute approximate surface area is 161 Å². The summed E-state index contributed by atoms with van der Waals surface area (Å²) >= 11 is 11.0. The molecule has 1 aromatic carbocycles. The fourth-order valence-corrected chi connectivity index (χ4v) is 2.69. The molecule has 0 saturated carbocycles. The quantitative estimate of drug-likeness (QED) is 0.428. The van der Waals surface area contributed by atoms with E-state index in [2.05, 4.69) is 24.5 Å². The van der Waals surface area contributed by atoms with Gasteiger partial charge in [-0.3, -0.25) is 4.79 Å². The van der Waals surface area contributed by atoms with Crippen molar-refractivity contribution in [1.29, 1.82) is 0 Å². The van der Waals surface area contributed by atoms with Crippen LogP contribution in [0, 0.1) is 5.92 Å². The van der Waals surface area contributed by atoms with Crippen molar-refractivity contribution in [2.24, 2.45) is 5.92 Å². The predicted molar refractivity (Wildman–Crippen MR) is 108 cm³/mol. The molecule has 1 unspecified atom stereocenters. The van der Waals surface area contributed by atoms with Crippen molar-refractivity contribution in [3.05, 3.63) is 29.3 Å². The van der Waals surface area contributed by atoms with Gasteiger partial charge in [-0.25, -0.2) is 0 Å². The van der Waals surface area contributed by atoms with Crippen LogP contribution in [0.1, 0.15) is 52.4 Å². The fraction of sp³-hybridized carbons (Fsp3) is 0.579. The number of halogens is 1. The number of thiocarbonyl (C=S) groups is 1. The van der Waals surface area contributed by atoms with Crippen molar-refractivity contribution < 1.29 is 9.53 Å². The molecule has 25 heavy (non-hydrogen) atoms. The van der Waals surface area contributed by atoms with E-state index < -0.39 is 0 Å². The van der Waals surface area contributed by atoms with E-state index in [4.69, 9.17) is 28.6 Å². The first-order valence-electron chi connectivity index (χ1n) is 9.01. The van der Waals surface area contributed by atoms with E-state index in [0.29, 0.717) is 35.5 Å². The van der Waals surface area contributed by atoms with E-state index in [-0.39, 0.29) is 5.91 Å². The minimum Gasteiger partial charge on any atom is -0.494 e. The summed E-state index contributed by atoms with van der Waals surface area (Å²) in [4.78, 5) is 11.9. The molecule has 0 aliphatic rings. The average molecular weight is 385 g/mol. The predicted octanol–water partition coefficient (Wildman–Crippen LogP) is 4.71. The molecule has 1 rings (SSSR count). The molecule has 0 aliphatic heterocycles. The summed E-state index contributed by atoms with van der Waals surface area (Å²) in [6.07, 6.45) is 5.75. The monoisotopic (exact) mass is 384 g/mol. The number of carbonyl (C=O) groups is 1. The second-order valence-electron chi connectivity index (χ2n) is 6.08. The number of hydrogen-bond donors (Lipinski definition) is 2. The number of ether oxygens (including phenoxy) is 1. The first kappa shape index (κ1) is 21.7. The molecule has 4 nitrogen and oxygen atoms in total. The molecule has 1 atom stereocenters. The zero-order valence-corrected chi connectivity index (χ0v) is 16.7. The van der Waals surface area contributed by atoms with Crippen molar-refractivity contribution in [2.75, 3.05) is 13.2 Å². The molecule has 0 aromatic heterocycles. The Bertz CT molecular complexity index is 523. The van der Waals surface area contributed by atoms with Crippen LogP contribution in [0.2, 0.25) is 5.02 Å². The molecule has 0 heterocycles. The molecule has 1 aromatic rings. The Morgan fingerprint density at radius 1 is 1.24 bits per heavy atom. The third-order valence-electron chi connectivity index (χ3n) is 3.98. The van der Waals surface area contributed by atoms with E-state index in [0.717, 1.165) is 18.7 Å². The van der Waals surface area contributed by atoms with Gasteiger partial charge in [0.2, 0.25) is 5.91 Å². The lowest BCUT2D eigenvalue weighted by Gasteiger charge is -2.16. The van der Waals surface area contributed by atoms with Gasteiger partial charge in [0.05, 0.1) is 6.61 Å². The average Bonchev–Trinajstić information content (AvgIpc) is 2.60. The van der Waals surface area contributed by atoms with Crippen LogP contribution in [-0.2, 0) is 4.79 Å². The molecule has 0 bridgehead atoms. The van der Waals surface area contributed by atoms with Crippen LogP contribution < -0.4 is 15.4 Å². The number of rotatable bonds is 11. The normalized spacial score (nSPS) is 11.6. The molecule has 1 amide bonds. The van der Waals surface area contributed by atoms with E-state index in [9.17, 15) is 4.79 Å². The maximum atomic E-state index is 11.9. The third kappa shape index (κ3) is 10.3. The lowest BCUT2D eigenvalue weighted by molar-refractivity contribution is -0.119. The van der Waals surface area contributed by atoms with Gasteiger partial charge in [-0.05, 0) is 55.2 Å². The first-order chi connectivity index (χ1) is 12.0. The zero-order valence-electron chi connectivity index (χ0n) is 15.1. The largest absolute Gasteiger partial charge is 0.494 e. The zero-order chi connectivity index (χ0) is 18.5. The number of benzene rings is 1. The summed E-state index contributed by atoms with van der Waals surface area (Å²) in [7, 11) is 0. The second-order valence-corrected chi connectivity index (χ2v) is 6.93. The second kappa shape index (κ2) is 13.0. The van der Waals surface area contributed by atoms with Crippen molar-refractivity contribution in [3.8, 4) is 5.75 Å². The van der Waals surface area contributed by atoms with E-state index in [1.165, 1.54) is 19.3 Å². The maximum Gasteiger partial charge on any atom is 0.226 e. The van der Waals surface area contributed by atoms with Crippen LogP contribution in [-0.4, -0.2) is 24.2 Å². The summed E-state index contributed by atoms with van der Waals surface area (Å²) in [5.74, 6) is 1.26. The fourth-order valence-electron chi connectivity index (χ4n) is 2.37. The summed E-state index contributed by atoms with van der Waals surface area (Å²) in [6, 6.07) is 7.17. The third-order valence-corrected chi connectivity index (χ3v) is 4.48.